The van der Waals surface area contributed by atoms with Crippen LogP contribution in [0.25, 0.3) is 0 Å². The van der Waals surface area contributed by atoms with E-state index in [9.17, 15) is 4.79 Å². The first kappa shape index (κ1) is 20.7. The molecule has 144 valence electrons. The Kier molecular flexibility index (Phi) is 7.19. The molecule has 0 spiro atoms. The van der Waals surface area contributed by atoms with Crippen molar-refractivity contribution in [3.63, 3.8) is 0 Å². The van der Waals surface area contributed by atoms with Crippen LogP contribution in [-0.4, -0.2) is 49.7 Å². The molecule has 0 aliphatic rings. The highest BCUT2D eigenvalue weighted by Crippen LogP contribution is 2.21. The van der Waals surface area contributed by atoms with Gasteiger partial charge in [0.25, 0.3) is 5.91 Å². The Hall–Kier alpha value is -2.59. The summed E-state index contributed by atoms with van der Waals surface area (Å²) in [6, 6.07) is 14.2. The zero-order chi connectivity index (χ0) is 19.9. The van der Waals surface area contributed by atoms with Crippen molar-refractivity contribution < 1.29 is 19.2 Å². The van der Waals surface area contributed by atoms with Crippen LogP contribution >= 0.6 is 0 Å². The third-order valence-electron chi connectivity index (χ3n) is 3.75. The van der Waals surface area contributed by atoms with Crippen LogP contribution in [0.15, 0.2) is 58.8 Å². The first-order valence-corrected chi connectivity index (χ1v) is 10.5. The van der Waals surface area contributed by atoms with Gasteiger partial charge in [-0.25, -0.2) is 0 Å². The smallest absolute Gasteiger partial charge is 0.390 e. The summed E-state index contributed by atoms with van der Waals surface area (Å²) in [4.78, 5) is 40.8. The lowest BCUT2D eigenvalue weighted by molar-refractivity contribution is 0.0952. The van der Waals surface area contributed by atoms with Gasteiger partial charge in [0.15, 0.2) is 0 Å². The normalized spacial score (nSPS) is 11.6. The zero-order valence-corrected chi connectivity index (χ0v) is 16.3. The Bertz CT molecular complexity index is 771. The molecule has 0 atom stereocenters. The molecule has 9 heteroatoms. The number of azo groups is 1. The van der Waals surface area contributed by atoms with Gasteiger partial charge in [-0.1, -0.05) is 0 Å². The molecule has 0 fully saturated rings. The third-order valence-corrected chi connectivity index (χ3v) is 4.78. The van der Waals surface area contributed by atoms with Crippen LogP contribution in [0.4, 0.5) is 17.1 Å². The minimum Gasteiger partial charge on any atom is -0.390 e. The average molecular weight is 388 g/mol. The van der Waals surface area contributed by atoms with Crippen LogP contribution in [0, 0.1) is 0 Å². The first-order valence-electron chi connectivity index (χ1n) is 8.49. The van der Waals surface area contributed by atoms with Crippen molar-refractivity contribution >= 4 is 31.8 Å². The maximum Gasteiger partial charge on any atom is 0.492 e. The van der Waals surface area contributed by atoms with Crippen LogP contribution in [0.3, 0.4) is 0 Å². The van der Waals surface area contributed by atoms with E-state index in [1.165, 1.54) is 0 Å². The molecule has 8 nitrogen and oxygen atoms in total. The molecule has 2 rings (SSSR count). The molecule has 0 saturated carbocycles. The fourth-order valence-corrected chi connectivity index (χ4v) is 2.89. The Morgan fingerprint density at radius 3 is 1.96 bits per heavy atom. The van der Waals surface area contributed by atoms with E-state index in [1.54, 1.807) is 24.3 Å². The second-order valence-electron chi connectivity index (χ2n) is 6.29. The molecule has 0 aliphatic carbocycles. The Labute approximate surface area is 159 Å². The van der Waals surface area contributed by atoms with Crippen LogP contribution in [0.5, 0.6) is 0 Å². The molecule has 27 heavy (non-hydrogen) atoms. The number of nitrogens with zero attached hydrogens (tertiary/aromatic N) is 3. The summed E-state index contributed by atoms with van der Waals surface area (Å²) in [6.45, 7) is 0.250. The number of benzene rings is 2. The van der Waals surface area contributed by atoms with E-state index in [1.807, 2.05) is 43.3 Å². The van der Waals surface area contributed by atoms with Crippen molar-refractivity contribution in [2.75, 3.05) is 25.5 Å². The molecule has 0 aromatic heterocycles. The summed E-state index contributed by atoms with van der Waals surface area (Å²) in [5, 5.41) is 11.0. The van der Waals surface area contributed by atoms with Crippen molar-refractivity contribution in [3.05, 3.63) is 54.1 Å². The molecule has 0 aliphatic heterocycles. The van der Waals surface area contributed by atoms with Gasteiger partial charge >= 0.3 is 8.80 Å². The van der Waals surface area contributed by atoms with Crippen LogP contribution in [0.2, 0.25) is 6.04 Å². The number of hydrogen-bond acceptors (Lipinski definition) is 7. The molecule has 1 amide bonds. The molecule has 4 N–H and O–H groups in total. The zero-order valence-electron chi connectivity index (χ0n) is 15.3. The molecule has 0 unspecified atom stereocenters. The number of anilines is 1. The Morgan fingerprint density at radius 1 is 0.963 bits per heavy atom. The predicted octanol–water partition coefficient (Wildman–Crippen LogP) is 2.20. The lowest BCUT2D eigenvalue weighted by atomic mass is 10.2. The number of carbonyl (C=O) groups is 1. The van der Waals surface area contributed by atoms with E-state index >= 15 is 0 Å². The van der Waals surface area contributed by atoms with Gasteiger partial charge in [0, 0.05) is 37.9 Å². The van der Waals surface area contributed by atoms with Gasteiger partial charge in [-0.15, -0.1) is 0 Å². The molecule has 0 radical (unpaired) electrons. The lowest BCUT2D eigenvalue weighted by Gasteiger charge is -2.11. The van der Waals surface area contributed by atoms with E-state index in [0.717, 1.165) is 11.4 Å². The predicted molar refractivity (Wildman–Crippen MR) is 106 cm³/mol. The highest BCUT2D eigenvalue weighted by molar-refractivity contribution is 6.56. The van der Waals surface area contributed by atoms with E-state index in [0.29, 0.717) is 17.7 Å². The fraction of sp³-hybridized carbons (Fsp3) is 0.278. The quantitative estimate of drug-likeness (QED) is 0.314. The SMILES string of the molecule is CN(C)c1ccc(N=Nc2ccc(C(=O)NCCC[Si](O)(O)O)cc2)cc1. The summed E-state index contributed by atoms with van der Waals surface area (Å²) in [5.41, 5.74) is 2.90. The maximum absolute atomic E-state index is 12.0. The van der Waals surface area contributed by atoms with E-state index in [4.69, 9.17) is 14.4 Å². The summed E-state index contributed by atoms with van der Waals surface area (Å²) < 4.78 is 0. The molecule has 0 heterocycles. The van der Waals surface area contributed by atoms with Crippen molar-refractivity contribution in [3.8, 4) is 0 Å². The van der Waals surface area contributed by atoms with Gasteiger partial charge in [0.1, 0.15) is 0 Å². The average Bonchev–Trinajstić information content (AvgIpc) is 2.63. The second-order valence-corrected chi connectivity index (χ2v) is 8.34. The third kappa shape index (κ3) is 7.27. The minimum atomic E-state index is -4.04. The number of amides is 1. The maximum atomic E-state index is 12.0. The van der Waals surface area contributed by atoms with Gasteiger partial charge in [0.05, 0.1) is 11.4 Å². The molecule has 0 saturated heterocycles. The molecular weight excluding hydrogens is 364 g/mol. The Balaban J connectivity index is 1.87. The fourth-order valence-electron chi connectivity index (χ4n) is 2.24. The van der Waals surface area contributed by atoms with Crippen LogP contribution in [-0.2, 0) is 0 Å². The van der Waals surface area contributed by atoms with Crippen molar-refractivity contribution in [1.29, 1.82) is 0 Å². The summed E-state index contributed by atoms with van der Waals surface area (Å²) in [5.74, 6) is -0.279. The van der Waals surface area contributed by atoms with Gasteiger partial charge in [0.2, 0.25) is 0 Å². The first-order chi connectivity index (χ1) is 12.7. The second kappa shape index (κ2) is 9.37. The van der Waals surface area contributed by atoms with Crippen molar-refractivity contribution in [1.82, 2.24) is 5.32 Å². The topological polar surface area (TPSA) is 118 Å². The van der Waals surface area contributed by atoms with E-state index in [2.05, 4.69) is 15.5 Å². The number of hydrogen-bond donors (Lipinski definition) is 4. The standard InChI is InChI=1S/C18H24N4O4Si/c1-22(2)17-10-8-16(9-11-17)21-20-15-6-4-14(5-7-15)18(23)19-12-3-13-27(24,25)26/h4-11,24-26H,3,12-13H2,1-2H3,(H,19,23). The summed E-state index contributed by atoms with van der Waals surface area (Å²) in [7, 11) is -0.104. The number of rotatable bonds is 8. The van der Waals surface area contributed by atoms with Crippen molar-refractivity contribution in [2.45, 2.75) is 12.5 Å². The van der Waals surface area contributed by atoms with E-state index in [-0.39, 0.29) is 18.5 Å². The Morgan fingerprint density at radius 2 is 1.48 bits per heavy atom. The molecule has 0 bridgehead atoms. The monoisotopic (exact) mass is 388 g/mol. The van der Waals surface area contributed by atoms with Gasteiger partial charge in [-0.3, -0.25) is 4.79 Å². The van der Waals surface area contributed by atoms with Gasteiger partial charge < -0.3 is 24.6 Å². The minimum absolute atomic E-state index is 0.109. The summed E-state index contributed by atoms with van der Waals surface area (Å²) >= 11 is 0. The van der Waals surface area contributed by atoms with E-state index < -0.39 is 8.80 Å². The summed E-state index contributed by atoms with van der Waals surface area (Å²) in [6.07, 6.45) is 0.292. The van der Waals surface area contributed by atoms with Gasteiger partial charge in [-0.2, -0.15) is 10.2 Å². The largest absolute Gasteiger partial charge is 0.492 e. The molecule has 2 aromatic rings. The number of nitrogens with one attached hydrogen (secondary N) is 1. The lowest BCUT2D eigenvalue weighted by Crippen LogP contribution is -2.35. The van der Waals surface area contributed by atoms with Gasteiger partial charge in [-0.05, 0) is 55.0 Å². The highest BCUT2D eigenvalue weighted by Gasteiger charge is 2.25. The highest BCUT2D eigenvalue weighted by atomic mass is 28.4. The van der Waals surface area contributed by atoms with Crippen molar-refractivity contribution in [2.24, 2.45) is 10.2 Å². The molecule has 2 aromatic carbocycles. The van der Waals surface area contributed by atoms with Crippen LogP contribution < -0.4 is 10.2 Å². The van der Waals surface area contributed by atoms with Crippen LogP contribution in [0.1, 0.15) is 16.8 Å². The molecular formula is C18H24N4O4Si. The number of carbonyl (C=O) groups excluding carboxylic acids is 1.